The Morgan fingerprint density at radius 3 is 2.84 bits per heavy atom. The second kappa shape index (κ2) is 12.2. The third-order valence-electron chi connectivity index (χ3n) is 7.93. The molecule has 2 atom stereocenters. The number of ether oxygens (including phenoxy) is 5. The van der Waals surface area contributed by atoms with E-state index >= 15 is 0 Å². The van der Waals surface area contributed by atoms with Gasteiger partial charge in [0.05, 0.1) is 24.5 Å². The van der Waals surface area contributed by atoms with E-state index in [4.69, 9.17) is 46.9 Å². The van der Waals surface area contributed by atoms with Crippen molar-refractivity contribution >= 4 is 29.3 Å². The fraction of sp³-hybridized carbons (Fsp3) is 0.303. The third kappa shape index (κ3) is 6.25. The maximum Gasteiger partial charge on any atom is 0.231 e. The minimum atomic E-state index is -1.08. The van der Waals surface area contributed by atoms with Crippen LogP contribution in [0.25, 0.3) is 6.08 Å². The first-order valence-corrected chi connectivity index (χ1v) is 15.0. The van der Waals surface area contributed by atoms with Gasteiger partial charge in [0.15, 0.2) is 11.5 Å². The summed E-state index contributed by atoms with van der Waals surface area (Å²) >= 11 is 12.8. The van der Waals surface area contributed by atoms with Gasteiger partial charge in [0.25, 0.3) is 0 Å². The van der Waals surface area contributed by atoms with Crippen molar-refractivity contribution in [2.75, 3.05) is 33.1 Å². The van der Waals surface area contributed by atoms with Gasteiger partial charge in [0, 0.05) is 42.6 Å². The minimum absolute atomic E-state index is 0.279. The Morgan fingerprint density at radius 1 is 1.02 bits per heavy atom. The predicted octanol–water partition coefficient (Wildman–Crippen LogP) is 6.34. The first kappa shape index (κ1) is 28.3. The highest BCUT2D eigenvalue weighted by Crippen LogP contribution is 2.41. The maximum atomic E-state index is 6.60. The molecule has 3 aromatic carbocycles. The highest BCUT2D eigenvalue weighted by atomic mass is 35.5. The number of halogens is 2. The van der Waals surface area contributed by atoms with Crippen LogP contribution in [-0.4, -0.2) is 53.7 Å². The van der Waals surface area contributed by atoms with E-state index in [1.165, 1.54) is 11.1 Å². The van der Waals surface area contributed by atoms with Gasteiger partial charge in [-0.3, -0.25) is 4.90 Å². The van der Waals surface area contributed by atoms with Crippen molar-refractivity contribution in [2.24, 2.45) is 0 Å². The van der Waals surface area contributed by atoms with Gasteiger partial charge in [0.2, 0.25) is 12.6 Å². The van der Waals surface area contributed by atoms with Crippen LogP contribution in [0.2, 0.25) is 10.0 Å². The third-order valence-corrected chi connectivity index (χ3v) is 8.47. The van der Waals surface area contributed by atoms with E-state index in [-0.39, 0.29) is 6.10 Å². The fourth-order valence-electron chi connectivity index (χ4n) is 5.75. The summed E-state index contributed by atoms with van der Waals surface area (Å²) in [5.74, 6) is 1.36. The molecule has 1 saturated heterocycles. The second-order valence-corrected chi connectivity index (χ2v) is 11.7. The predicted molar refractivity (Wildman–Crippen MR) is 164 cm³/mol. The Balaban J connectivity index is 0.956. The molecule has 1 aromatic heterocycles. The molecule has 222 valence electrons. The lowest BCUT2D eigenvalue weighted by molar-refractivity contribution is -0.189. The van der Waals surface area contributed by atoms with Gasteiger partial charge in [-0.1, -0.05) is 53.6 Å². The smallest absolute Gasteiger partial charge is 0.231 e. The molecule has 0 N–H and O–H groups in total. The van der Waals surface area contributed by atoms with E-state index in [2.05, 4.69) is 34.2 Å². The average Bonchev–Trinajstić information content (AvgIpc) is 3.78. The van der Waals surface area contributed by atoms with Crippen molar-refractivity contribution in [3.8, 4) is 17.2 Å². The highest BCUT2D eigenvalue weighted by Gasteiger charge is 2.45. The van der Waals surface area contributed by atoms with Crippen molar-refractivity contribution < 1.29 is 23.7 Å². The quantitative estimate of drug-likeness (QED) is 0.217. The van der Waals surface area contributed by atoms with Crippen molar-refractivity contribution in [2.45, 2.75) is 31.4 Å². The van der Waals surface area contributed by atoms with E-state index in [1.807, 2.05) is 41.1 Å². The van der Waals surface area contributed by atoms with Gasteiger partial charge in [-0.2, -0.15) is 0 Å². The summed E-state index contributed by atoms with van der Waals surface area (Å²) in [5, 5.41) is 1.04. The normalized spacial score (nSPS) is 21.4. The summed E-state index contributed by atoms with van der Waals surface area (Å²) in [6.07, 6.45) is 10.3. The van der Waals surface area contributed by atoms with Gasteiger partial charge < -0.3 is 28.3 Å². The summed E-state index contributed by atoms with van der Waals surface area (Å²) in [6, 6.07) is 17.7. The highest BCUT2D eigenvalue weighted by molar-refractivity contribution is 6.35. The zero-order valence-electron chi connectivity index (χ0n) is 23.5. The molecule has 0 aliphatic carbocycles. The van der Waals surface area contributed by atoms with Crippen LogP contribution in [0.4, 0.5) is 0 Å². The minimum Gasteiger partial charge on any atom is -0.491 e. The molecular weight excluding hydrogens is 589 g/mol. The van der Waals surface area contributed by atoms with Crippen LogP contribution < -0.4 is 14.2 Å². The molecule has 0 amide bonds. The van der Waals surface area contributed by atoms with Crippen molar-refractivity contribution in [1.82, 2.24) is 14.5 Å². The number of nitrogens with zero attached hydrogens (tertiary/aromatic N) is 3. The monoisotopic (exact) mass is 619 g/mol. The van der Waals surface area contributed by atoms with E-state index in [0.717, 1.165) is 54.4 Å². The molecule has 8 nitrogen and oxygen atoms in total. The summed E-state index contributed by atoms with van der Waals surface area (Å²) in [7, 11) is 0. The van der Waals surface area contributed by atoms with E-state index < -0.39 is 5.79 Å². The molecule has 4 heterocycles. The summed E-state index contributed by atoms with van der Waals surface area (Å²) in [4.78, 5) is 6.60. The van der Waals surface area contributed by atoms with Crippen molar-refractivity contribution in [3.63, 3.8) is 0 Å². The van der Waals surface area contributed by atoms with Crippen LogP contribution >= 0.6 is 23.2 Å². The largest absolute Gasteiger partial charge is 0.491 e. The first-order valence-electron chi connectivity index (χ1n) is 14.3. The van der Waals surface area contributed by atoms with E-state index in [9.17, 15) is 0 Å². The number of rotatable bonds is 9. The van der Waals surface area contributed by atoms with E-state index in [1.54, 1.807) is 24.7 Å². The molecular formula is C33H31Cl2N3O5. The number of aromatic nitrogens is 2. The average molecular weight is 621 g/mol. The lowest BCUT2D eigenvalue weighted by Gasteiger charge is -2.30. The fourth-order valence-corrected chi connectivity index (χ4v) is 6.30. The van der Waals surface area contributed by atoms with Gasteiger partial charge in [-0.05, 0) is 59.5 Å². The standard InChI is InChI=1S/C33H31Cl2N3O5/c34-26-5-7-29(30(35)16-26)33(20-38-13-10-36-21-38)42-19-28(43-33)18-39-27-6-4-25-17-37(12-9-24(25)15-27)11-1-2-23-3-8-31-32(14-23)41-22-40-31/h1-8,10,13-16,21,28H,9,11-12,17-20,22H2/t28-,33-/m0/s1. The number of fused-ring (bicyclic) bond motifs is 2. The molecule has 0 radical (unpaired) electrons. The number of benzene rings is 3. The van der Waals surface area contributed by atoms with Gasteiger partial charge >= 0.3 is 0 Å². The maximum absolute atomic E-state index is 6.60. The van der Waals surface area contributed by atoms with Crippen molar-refractivity contribution in [1.29, 1.82) is 0 Å². The molecule has 4 aromatic rings. The van der Waals surface area contributed by atoms with Crippen LogP contribution in [-0.2, 0) is 34.8 Å². The topological polar surface area (TPSA) is 67.2 Å². The van der Waals surface area contributed by atoms with Gasteiger partial charge in [0.1, 0.15) is 18.5 Å². The van der Waals surface area contributed by atoms with Crippen LogP contribution in [0.1, 0.15) is 22.3 Å². The molecule has 0 bridgehead atoms. The summed E-state index contributed by atoms with van der Waals surface area (Å²) in [5.41, 5.74) is 4.47. The Kier molecular flexibility index (Phi) is 8.03. The number of imidazole rings is 1. The molecule has 1 fully saturated rings. The first-order chi connectivity index (χ1) is 21.0. The summed E-state index contributed by atoms with van der Waals surface area (Å²) < 4.78 is 31.8. The lowest BCUT2D eigenvalue weighted by Crippen LogP contribution is -2.34. The van der Waals surface area contributed by atoms with Crippen LogP contribution in [0.15, 0.2) is 79.4 Å². The lowest BCUT2D eigenvalue weighted by atomic mass is 9.99. The SMILES string of the molecule is Clc1ccc([C@@]2(Cn3ccnc3)OC[C@H](COc3ccc4c(c3)CCN(CC=Cc3ccc5c(c3)OCO5)C4)O2)c(Cl)c1. The molecule has 0 saturated carbocycles. The zero-order chi connectivity index (χ0) is 29.2. The molecule has 0 spiro atoms. The molecule has 7 rings (SSSR count). The van der Waals surface area contributed by atoms with Crippen molar-refractivity contribution in [3.05, 3.63) is 112 Å². The Hall–Kier alpha value is -3.53. The Labute approximate surface area is 260 Å². The Bertz CT molecular complexity index is 1630. The second-order valence-electron chi connectivity index (χ2n) is 10.9. The number of hydrogen-bond donors (Lipinski definition) is 0. The van der Waals surface area contributed by atoms with E-state index in [0.29, 0.717) is 36.6 Å². The molecule has 43 heavy (non-hydrogen) atoms. The van der Waals surface area contributed by atoms with Gasteiger partial charge in [-0.15, -0.1) is 0 Å². The molecule has 10 heteroatoms. The molecule has 3 aliphatic heterocycles. The van der Waals surface area contributed by atoms with Crippen LogP contribution in [0, 0.1) is 0 Å². The van der Waals surface area contributed by atoms with Gasteiger partial charge in [-0.25, -0.2) is 4.98 Å². The zero-order valence-corrected chi connectivity index (χ0v) is 25.0. The summed E-state index contributed by atoms with van der Waals surface area (Å²) in [6.45, 7) is 4.17. The molecule has 0 unspecified atom stereocenters. The number of hydrogen-bond acceptors (Lipinski definition) is 7. The Morgan fingerprint density at radius 2 is 1.95 bits per heavy atom. The van der Waals surface area contributed by atoms with Crippen LogP contribution in [0.3, 0.4) is 0 Å². The molecule has 3 aliphatic rings. The van der Waals surface area contributed by atoms with Crippen LogP contribution in [0.5, 0.6) is 17.2 Å².